The van der Waals surface area contributed by atoms with Gasteiger partial charge >= 0.3 is 5.97 Å². The molecule has 1 heterocycles. The highest BCUT2D eigenvalue weighted by atomic mass is 16.4. The van der Waals surface area contributed by atoms with Gasteiger partial charge in [-0.2, -0.15) is 5.10 Å². The smallest absolute Gasteiger partial charge is 0.305 e. The molecule has 6 nitrogen and oxygen atoms in total. The molecule has 1 aromatic heterocycles. The van der Waals surface area contributed by atoms with Gasteiger partial charge in [0.05, 0.1) is 12.1 Å². The molecule has 0 fully saturated rings. The molecule has 0 aliphatic carbocycles. The van der Waals surface area contributed by atoms with Crippen LogP contribution in [0.4, 0.5) is 0 Å². The number of aryl methyl sites for hydroxylation is 1. The van der Waals surface area contributed by atoms with Gasteiger partial charge in [-0.05, 0) is 18.9 Å². The Kier molecular flexibility index (Phi) is 5.09. The molecule has 0 saturated carbocycles. The number of nitrogens with zero attached hydrogens (tertiary/aromatic N) is 3. The molecule has 106 valence electrons. The van der Waals surface area contributed by atoms with E-state index in [9.17, 15) is 9.59 Å². The summed E-state index contributed by atoms with van der Waals surface area (Å²) >= 11 is 0. The van der Waals surface area contributed by atoms with E-state index in [1.54, 1.807) is 17.8 Å². The van der Waals surface area contributed by atoms with E-state index >= 15 is 0 Å². The van der Waals surface area contributed by atoms with Crippen LogP contribution in [0.3, 0.4) is 0 Å². The van der Waals surface area contributed by atoms with Crippen LogP contribution in [0.25, 0.3) is 0 Å². The van der Waals surface area contributed by atoms with Gasteiger partial charge in [-0.3, -0.25) is 14.3 Å². The highest BCUT2D eigenvalue weighted by molar-refractivity contribution is 5.92. The number of aliphatic carboxylic acids is 1. The SMILES string of the molecule is CCn1nc(C(C)C)cc1C(=O)N(C)CCC(=O)O. The van der Waals surface area contributed by atoms with Crippen LogP contribution >= 0.6 is 0 Å². The number of carboxylic acid groups (broad SMARTS) is 1. The van der Waals surface area contributed by atoms with E-state index in [1.165, 1.54) is 4.90 Å². The molecule has 1 amide bonds. The first-order valence-electron chi connectivity index (χ1n) is 6.41. The van der Waals surface area contributed by atoms with E-state index in [0.717, 1.165) is 5.69 Å². The van der Waals surface area contributed by atoms with Gasteiger partial charge in [-0.1, -0.05) is 13.8 Å². The Labute approximate surface area is 113 Å². The number of aromatic nitrogens is 2. The Bertz CT molecular complexity index is 466. The summed E-state index contributed by atoms with van der Waals surface area (Å²) in [4.78, 5) is 24.2. The first-order chi connectivity index (χ1) is 8.86. The second-order valence-electron chi connectivity index (χ2n) is 4.80. The number of carbonyl (C=O) groups is 2. The summed E-state index contributed by atoms with van der Waals surface area (Å²) in [6.07, 6.45) is -0.0560. The maximum atomic E-state index is 12.2. The molecule has 1 aromatic rings. The van der Waals surface area contributed by atoms with Crippen LogP contribution in [0.2, 0.25) is 0 Å². The van der Waals surface area contributed by atoms with Crippen molar-refractivity contribution in [1.29, 1.82) is 0 Å². The molecule has 0 spiro atoms. The van der Waals surface area contributed by atoms with Crippen molar-refractivity contribution < 1.29 is 14.7 Å². The Morgan fingerprint density at radius 3 is 2.58 bits per heavy atom. The number of carbonyl (C=O) groups excluding carboxylic acids is 1. The molecule has 0 bridgehead atoms. The summed E-state index contributed by atoms with van der Waals surface area (Å²) in [6.45, 7) is 6.77. The van der Waals surface area contributed by atoms with Crippen molar-refractivity contribution in [3.63, 3.8) is 0 Å². The van der Waals surface area contributed by atoms with Crippen molar-refractivity contribution in [1.82, 2.24) is 14.7 Å². The molecule has 0 unspecified atom stereocenters. The number of rotatable bonds is 6. The predicted molar refractivity (Wildman–Crippen MR) is 71.2 cm³/mol. The van der Waals surface area contributed by atoms with Gasteiger partial charge in [0.2, 0.25) is 0 Å². The lowest BCUT2D eigenvalue weighted by Gasteiger charge is -2.16. The second-order valence-corrected chi connectivity index (χ2v) is 4.80. The summed E-state index contributed by atoms with van der Waals surface area (Å²) in [5, 5.41) is 13.0. The average molecular weight is 267 g/mol. The summed E-state index contributed by atoms with van der Waals surface area (Å²) in [6, 6.07) is 1.79. The third kappa shape index (κ3) is 3.81. The van der Waals surface area contributed by atoms with E-state index in [1.807, 2.05) is 20.8 Å². The van der Waals surface area contributed by atoms with Crippen molar-refractivity contribution in [2.24, 2.45) is 0 Å². The van der Waals surface area contributed by atoms with Gasteiger partial charge in [-0.25, -0.2) is 0 Å². The lowest BCUT2D eigenvalue weighted by atomic mass is 10.1. The van der Waals surface area contributed by atoms with Gasteiger partial charge in [0, 0.05) is 20.1 Å². The molecule has 0 radical (unpaired) electrons. The standard InChI is InChI=1S/C13H21N3O3/c1-5-16-11(8-10(14-16)9(2)3)13(19)15(4)7-6-12(17)18/h8-9H,5-7H2,1-4H3,(H,17,18). The predicted octanol–water partition coefficient (Wildman–Crippen LogP) is 1.57. The Morgan fingerprint density at radius 2 is 2.11 bits per heavy atom. The van der Waals surface area contributed by atoms with Crippen LogP contribution in [-0.2, 0) is 11.3 Å². The zero-order valence-electron chi connectivity index (χ0n) is 11.9. The second kappa shape index (κ2) is 6.36. The first kappa shape index (κ1) is 15.2. The fraction of sp³-hybridized carbons (Fsp3) is 0.615. The zero-order chi connectivity index (χ0) is 14.6. The van der Waals surface area contributed by atoms with Crippen LogP contribution in [-0.4, -0.2) is 45.3 Å². The van der Waals surface area contributed by atoms with Crippen LogP contribution < -0.4 is 0 Å². The molecular weight excluding hydrogens is 246 g/mol. The van der Waals surface area contributed by atoms with E-state index in [0.29, 0.717) is 12.2 Å². The maximum Gasteiger partial charge on any atom is 0.305 e. The highest BCUT2D eigenvalue weighted by Crippen LogP contribution is 2.15. The number of carboxylic acids is 1. The van der Waals surface area contributed by atoms with Crippen molar-refractivity contribution >= 4 is 11.9 Å². The summed E-state index contributed by atoms with van der Waals surface area (Å²) in [5.74, 6) is -0.849. The summed E-state index contributed by atoms with van der Waals surface area (Å²) in [7, 11) is 1.60. The molecule has 6 heteroatoms. The van der Waals surface area contributed by atoms with E-state index in [2.05, 4.69) is 5.10 Å². The van der Waals surface area contributed by atoms with Crippen LogP contribution in [0.1, 0.15) is 49.3 Å². The maximum absolute atomic E-state index is 12.2. The van der Waals surface area contributed by atoms with Crippen LogP contribution in [0.15, 0.2) is 6.07 Å². The van der Waals surface area contributed by atoms with Crippen molar-refractivity contribution in [2.75, 3.05) is 13.6 Å². The zero-order valence-corrected chi connectivity index (χ0v) is 11.9. The molecule has 0 aliphatic heterocycles. The Hall–Kier alpha value is -1.85. The quantitative estimate of drug-likeness (QED) is 0.849. The highest BCUT2D eigenvalue weighted by Gasteiger charge is 2.19. The molecule has 1 N–H and O–H groups in total. The normalized spacial score (nSPS) is 10.8. The molecule has 0 aromatic carbocycles. The van der Waals surface area contributed by atoms with Gasteiger partial charge in [0.15, 0.2) is 0 Å². The lowest BCUT2D eigenvalue weighted by Crippen LogP contribution is -2.30. The van der Waals surface area contributed by atoms with Gasteiger partial charge in [0.1, 0.15) is 5.69 Å². The van der Waals surface area contributed by atoms with E-state index in [-0.39, 0.29) is 24.8 Å². The van der Waals surface area contributed by atoms with Crippen LogP contribution in [0, 0.1) is 0 Å². The molecular formula is C13H21N3O3. The Morgan fingerprint density at radius 1 is 1.47 bits per heavy atom. The minimum atomic E-state index is -0.911. The first-order valence-corrected chi connectivity index (χ1v) is 6.41. The monoisotopic (exact) mass is 267 g/mol. The number of amides is 1. The van der Waals surface area contributed by atoms with Crippen molar-refractivity contribution in [3.05, 3.63) is 17.5 Å². The minimum Gasteiger partial charge on any atom is -0.481 e. The van der Waals surface area contributed by atoms with Gasteiger partial charge in [0.25, 0.3) is 5.91 Å². The Balaban J connectivity index is 2.88. The van der Waals surface area contributed by atoms with E-state index < -0.39 is 5.97 Å². The fourth-order valence-electron chi connectivity index (χ4n) is 1.69. The molecule has 0 atom stereocenters. The average Bonchev–Trinajstić information content (AvgIpc) is 2.79. The summed E-state index contributed by atoms with van der Waals surface area (Å²) in [5.41, 5.74) is 1.39. The largest absolute Gasteiger partial charge is 0.481 e. The topological polar surface area (TPSA) is 75.4 Å². The molecule has 0 saturated heterocycles. The third-order valence-corrected chi connectivity index (χ3v) is 2.92. The third-order valence-electron chi connectivity index (χ3n) is 2.92. The number of hydrogen-bond donors (Lipinski definition) is 1. The van der Waals surface area contributed by atoms with Crippen LogP contribution in [0.5, 0.6) is 0 Å². The van der Waals surface area contributed by atoms with Gasteiger partial charge in [-0.15, -0.1) is 0 Å². The number of hydrogen-bond acceptors (Lipinski definition) is 3. The molecule has 0 aliphatic rings. The van der Waals surface area contributed by atoms with Gasteiger partial charge < -0.3 is 10.0 Å². The summed E-state index contributed by atoms with van der Waals surface area (Å²) < 4.78 is 1.66. The van der Waals surface area contributed by atoms with E-state index in [4.69, 9.17) is 5.11 Å². The molecule has 1 rings (SSSR count). The molecule has 19 heavy (non-hydrogen) atoms. The van der Waals surface area contributed by atoms with Crippen molar-refractivity contribution in [3.8, 4) is 0 Å². The lowest BCUT2D eigenvalue weighted by molar-refractivity contribution is -0.137. The minimum absolute atomic E-state index is 0.0560. The fourth-order valence-corrected chi connectivity index (χ4v) is 1.69. The van der Waals surface area contributed by atoms with Crippen molar-refractivity contribution in [2.45, 2.75) is 39.7 Å².